The maximum absolute atomic E-state index is 9.38. The fraction of sp³-hybridized carbons (Fsp3) is 1.00. The van der Waals surface area contributed by atoms with Gasteiger partial charge in [-0.15, -0.1) is 10.1 Å². The highest BCUT2D eigenvalue weighted by Gasteiger charge is 1.90. The van der Waals surface area contributed by atoms with Gasteiger partial charge in [0, 0.05) is 6.61 Å². The Labute approximate surface area is 52.1 Å². The van der Waals surface area contributed by atoms with Gasteiger partial charge in [0.05, 0.1) is 6.61 Å². The SMILES string of the molecule is N.O=[N+]([O-])OCCCO. The fourth-order valence-electron chi connectivity index (χ4n) is 0.204. The van der Waals surface area contributed by atoms with E-state index >= 15 is 0 Å². The predicted octanol–water partition coefficient (Wildman–Crippen LogP) is -0.261. The molecule has 0 saturated carbocycles. The first kappa shape index (κ1) is 11.0. The molecule has 0 fully saturated rings. The van der Waals surface area contributed by atoms with Crippen LogP contribution >= 0.6 is 0 Å². The number of aliphatic hydroxyl groups excluding tert-OH is 1. The van der Waals surface area contributed by atoms with Gasteiger partial charge in [-0.05, 0) is 6.42 Å². The maximum atomic E-state index is 9.38. The molecular formula is C3H10N2O4. The molecule has 0 amide bonds. The Morgan fingerprint density at radius 2 is 2.22 bits per heavy atom. The van der Waals surface area contributed by atoms with Gasteiger partial charge in [0.15, 0.2) is 0 Å². The molecule has 0 unspecified atom stereocenters. The van der Waals surface area contributed by atoms with Gasteiger partial charge in [-0.2, -0.15) is 0 Å². The minimum atomic E-state index is -0.879. The van der Waals surface area contributed by atoms with Gasteiger partial charge in [-0.1, -0.05) is 0 Å². The standard InChI is InChI=1S/C3H7NO4.H3N/c5-2-1-3-8-4(6)7;/h5H,1-3H2;1H3. The topological polar surface area (TPSA) is 108 Å². The lowest BCUT2D eigenvalue weighted by Crippen LogP contribution is -2.03. The molecule has 0 bridgehead atoms. The van der Waals surface area contributed by atoms with E-state index in [4.69, 9.17) is 5.11 Å². The molecule has 6 nitrogen and oxygen atoms in total. The second-order valence-electron chi connectivity index (χ2n) is 1.13. The number of aliphatic hydroxyl groups is 1. The molecule has 0 radical (unpaired) electrons. The van der Waals surface area contributed by atoms with E-state index in [1.54, 1.807) is 0 Å². The van der Waals surface area contributed by atoms with Crippen molar-refractivity contribution in [3.63, 3.8) is 0 Å². The lowest BCUT2D eigenvalue weighted by molar-refractivity contribution is -0.757. The summed E-state index contributed by atoms with van der Waals surface area (Å²) < 4.78 is 0. The normalized spacial score (nSPS) is 7.67. The van der Waals surface area contributed by atoms with Gasteiger partial charge in [0.25, 0.3) is 5.09 Å². The summed E-state index contributed by atoms with van der Waals surface area (Å²) in [4.78, 5) is 13.2. The van der Waals surface area contributed by atoms with E-state index in [0.29, 0.717) is 6.42 Å². The van der Waals surface area contributed by atoms with E-state index in [1.165, 1.54) is 0 Å². The molecule has 9 heavy (non-hydrogen) atoms. The lowest BCUT2D eigenvalue weighted by atomic mass is 10.5. The molecule has 0 aromatic carbocycles. The third-order valence-corrected chi connectivity index (χ3v) is 0.499. The Kier molecular flexibility index (Phi) is 8.69. The van der Waals surface area contributed by atoms with Crippen LogP contribution < -0.4 is 6.15 Å². The van der Waals surface area contributed by atoms with Gasteiger partial charge < -0.3 is 16.1 Å². The summed E-state index contributed by atoms with van der Waals surface area (Å²) >= 11 is 0. The average Bonchev–Trinajstić information content (AvgIpc) is 1.66. The summed E-state index contributed by atoms with van der Waals surface area (Å²) in [6.45, 7) is -0.0999. The largest absolute Gasteiger partial charge is 0.396 e. The van der Waals surface area contributed by atoms with Crippen molar-refractivity contribution in [2.24, 2.45) is 0 Å². The molecule has 0 aliphatic heterocycles. The molecule has 0 heterocycles. The number of hydrogen-bond donors (Lipinski definition) is 2. The summed E-state index contributed by atoms with van der Waals surface area (Å²) in [7, 11) is 0. The van der Waals surface area contributed by atoms with E-state index in [2.05, 4.69) is 4.84 Å². The molecule has 0 aromatic rings. The Bertz CT molecular complexity index is 76.2. The second kappa shape index (κ2) is 7.12. The summed E-state index contributed by atoms with van der Waals surface area (Å²) in [5.41, 5.74) is 0. The average molecular weight is 138 g/mol. The van der Waals surface area contributed by atoms with Crippen molar-refractivity contribution in [2.75, 3.05) is 13.2 Å². The first-order valence-electron chi connectivity index (χ1n) is 2.15. The Morgan fingerprint density at radius 3 is 2.56 bits per heavy atom. The van der Waals surface area contributed by atoms with Crippen molar-refractivity contribution < 1.29 is 15.0 Å². The van der Waals surface area contributed by atoms with E-state index < -0.39 is 5.09 Å². The summed E-state index contributed by atoms with van der Waals surface area (Å²) in [5.74, 6) is 0. The van der Waals surface area contributed by atoms with E-state index in [-0.39, 0.29) is 19.4 Å². The molecule has 0 atom stereocenters. The van der Waals surface area contributed by atoms with E-state index in [0.717, 1.165) is 0 Å². The zero-order chi connectivity index (χ0) is 6.41. The van der Waals surface area contributed by atoms with Crippen molar-refractivity contribution in [1.29, 1.82) is 0 Å². The van der Waals surface area contributed by atoms with Crippen LogP contribution in [-0.4, -0.2) is 23.4 Å². The minimum absolute atomic E-state index is 0. The van der Waals surface area contributed by atoms with Crippen molar-refractivity contribution in [2.45, 2.75) is 6.42 Å². The lowest BCUT2D eigenvalue weighted by Gasteiger charge is -1.92. The van der Waals surface area contributed by atoms with Gasteiger partial charge in [-0.25, -0.2) is 0 Å². The van der Waals surface area contributed by atoms with Gasteiger partial charge in [-0.3, -0.25) is 0 Å². The highest BCUT2D eigenvalue weighted by atomic mass is 16.9. The third kappa shape index (κ3) is 11.0. The summed E-state index contributed by atoms with van der Waals surface area (Å²) in [6.07, 6.45) is 0.307. The number of hydrogen-bond acceptors (Lipinski definition) is 5. The minimum Gasteiger partial charge on any atom is -0.396 e. The Hall–Kier alpha value is -0.880. The quantitative estimate of drug-likeness (QED) is 0.316. The van der Waals surface area contributed by atoms with Crippen LogP contribution in [0.3, 0.4) is 0 Å². The molecule has 56 valence electrons. The van der Waals surface area contributed by atoms with Crippen LogP contribution in [0.5, 0.6) is 0 Å². The van der Waals surface area contributed by atoms with Crippen LogP contribution in [0.25, 0.3) is 0 Å². The van der Waals surface area contributed by atoms with Crippen LogP contribution in [0, 0.1) is 10.1 Å². The number of rotatable bonds is 4. The van der Waals surface area contributed by atoms with Crippen LogP contribution in [0.15, 0.2) is 0 Å². The van der Waals surface area contributed by atoms with E-state index in [9.17, 15) is 10.1 Å². The molecular weight excluding hydrogens is 128 g/mol. The summed E-state index contributed by atoms with van der Waals surface area (Å²) in [5, 5.41) is 16.6. The van der Waals surface area contributed by atoms with Crippen LogP contribution in [-0.2, 0) is 4.84 Å². The van der Waals surface area contributed by atoms with Gasteiger partial charge in [0.2, 0.25) is 0 Å². The van der Waals surface area contributed by atoms with Gasteiger partial charge in [0.1, 0.15) is 0 Å². The van der Waals surface area contributed by atoms with Crippen LogP contribution in [0.2, 0.25) is 0 Å². The Balaban J connectivity index is 0. The van der Waals surface area contributed by atoms with Crippen LogP contribution in [0.4, 0.5) is 0 Å². The zero-order valence-corrected chi connectivity index (χ0v) is 4.95. The molecule has 0 rings (SSSR count). The van der Waals surface area contributed by atoms with E-state index in [1.807, 2.05) is 0 Å². The first-order chi connectivity index (χ1) is 3.77. The smallest absolute Gasteiger partial charge is 0.294 e. The number of nitrogens with zero attached hydrogens (tertiary/aromatic N) is 1. The first-order valence-corrected chi connectivity index (χ1v) is 2.15. The summed E-state index contributed by atoms with van der Waals surface area (Å²) in [6, 6.07) is 0. The molecule has 4 N–H and O–H groups in total. The molecule has 0 aromatic heterocycles. The van der Waals surface area contributed by atoms with Crippen LogP contribution in [0.1, 0.15) is 6.42 Å². The van der Waals surface area contributed by atoms with Crippen molar-refractivity contribution in [3.05, 3.63) is 10.1 Å². The monoisotopic (exact) mass is 138 g/mol. The van der Waals surface area contributed by atoms with Crippen molar-refractivity contribution in [3.8, 4) is 0 Å². The predicted molar refractivity (Wildman–Crippen MR) is 29.7 cm³/mol. The molecule has 0 saturated heterocycles. The van der Waals surface area contributed by atoms with Crippen molar-refractivity contribution in [1.82, 2.24) is 6.15 Å². The van der Waals surface area contributed by atoms with Gasteiger partial charge >= 0.3 is 0 Å². The third-order valence-electron chi connectivity index (χ3n) is 0.499. The molecule has 0 aliphatic carbocycles. The highest BCUT2D eigenvalue weighted by molar-refractivity contribution is 4.24. The zero-order valence-electron chi connectivity index (χ0n) is 4.95. The second-order valence-corrected chi connectivity index (χ2v) is 1.13. The molecule has 0 aliphatic rings. The molecule has 0 spiro atoms. The highest BCUT2D eigenvalue weighted by Crippen LogP contribution is 1.78. The molecule has 6 heteroatoms. The van der Waals surface area contributed by atoms with Crippen molar-refractivity contribution >= 4 is 0 Å². The Morgan fingerprint density at radius 1 is 1.67 bits per heavy atom. The fourth-order valence-corrected chi connectivity index (χ4v) is 0.204. The maximum Gasteiger partial charge on any atom is 0.294 e.